The molecule has 120 valence electrons. The van der Waals surface area contributed by atoms with E-state index in [1.54, 1.807) is 0 Å². The van der Waals surface area contributed by atoms with E-state index in [4.69, 9.17) is 0 Å². The van der Waals surface area contributed by atoms with Crippen LogP contribution in [0.3, 0.4) is 0 Å². The van der Waals surface area contributed by atoms with E-state index in [0.29, 0.717) is 6.42 Å². The molecule has 0 aromatic heterocycles. The van der Waals surface area contributed by atoms with Crippen molar-refractivity contribution < 1.29 is 9.53 Å². The number of methoxy groups -OCH3 is 1. The van der Waals surface area contributed by atoms with Gasteiger partial charge in [-0.25, -0.2) is 0 Å². The van der Waals surface area contributed by atoms with Crippen molar-refractivity contribution in [2.24, 2.45) is 0 Å². The van der Waals surface area contributed by atoms with E-state index in [2.05, 4.69) is 40.2 Å². The summed E-state index contributed by atoms with van der Waals surface area (Å²) >= 11 is 0. The van der Waals surface area contributed by atoms with Crippen LogP contribution in [0.25, 0.3) is 0 Å². The average molecular weight is 310 g/mol. The number of carbonyl (C=O) groups is 1. The number of aryl methyl sites for hydroxylation is 1. The number of carbonyl (C=O) groups excluding carboxylic acids is 1. The minimum Gasteiger partial charge on any atom is -0.469 e. The van der Waals surface area contributed by atoms with Gasteiger partial charge in [-0.2, -0.15) is 0 Å². The number of anilines is 3. The van der Waals surface area contributed by atoms with E-state index in [1.165, 1.54) is 24.8 Å². The molecular formula is C19H22N2O2. The maximum Gasteiger partial charge on any atom is 0.309 e. The number of hydrogen-bond donors (Lipinski definition) is 1. The van der Waals surface area contributed by atoms with E-state index in [-0.39, 0.29) is 5.97 Å². The zero-order chi connectivity index (χ0) is 16.2. The highest BCUT2D eigenvalue weighted by Crippen LogP contribution is 2.29. The van der Waals surface area contributed by atoms with Gasteiger partial charge < -0.3 is 15.0 Å². The first-order valence-corrected chi connectivity index (χ1v) is 7.92. The minimum atomic E-state index is -0.218. The summed E-state index contributed by atoms with van der Waals surface area (Å²) in [7, 11) is 3.55. The molecule has 1 N–H and O–H groups in total. The summed E-state index contributed by atoms with van der Waals surface area (Å²) in [4.78, 5) is 13.6. The topological polar surface area (TPSA) is 41.6 Å². The second-order valence-corrected chi connectivity index (χ2v) is 5.94. The van der Waals surface area contributed by atoms with Crippen LogP contribution in [0.2, 0.25) is 0 Å². The smallest absolute Gasteiger partial charge is 0.309 e. The van der Waals surface area contributed by atoms with Gasteiger partial charge in [-0.15, -0.1) is 0 Å². The standard InChI is InChI=1S/C19H22N2O2/c1-21-11-3-4-15-13-17(9-10-18(15)21)20-16-7-5-14(6-8-16)12-19(22)23-2/h5-10,13,20H,3-4,11-12H2,1-2H3. The van der Waals surface area contributed by atoms with E-state index >= 15 is 0 Å². The van der Waals surface area contributed by atoms with Gasteiger partial charge in [-0.05, 0) is 54.3 Å². The maximum atomic E-state index is 11.3. The fourth-order valence-electron chi connectivity index (χ4n) is 2.97. The Morgan fingerprint density at radius 3 is 2.65 bits per heavy atom. The lowest BCUT2D eigenvalue weighted by Crippen LogP contribution is -2.24. The van der Waals surface area contributed by atoms with Crippen molar-refractivity contribution >= 4 is 23.0 Å². The van der Waals surface area contributed by atoms with Gasteiger partial charge in [0.2, 0.25) is 0 Å². The molecule has 3 rings (SSSR count). The number of ether oxygens (including phenoxy) is 1. The van der Waals surface area contributed by atoms with Gasteiger partial charge in [0.15, 0.2) is 0 Å². The molecule has 0 radical (unpaired) electrons. The fourth-order valence-corrected chi connectivity index (χ4v) is 2.97. The molecule has 0 saturated carbocycles. The molecule has 1 aliphatic rings. The molecule has 0 bridgehead atoms. The lowest BCUT2D eigenvalue weighted by Gasteiger charge is -2.28. The van der Waals surface area contributed by atoms with Crippen LogP contribution in [0, 0.1) is 0 Å². The Morgan fingerprint density at radius 1 is 1.17 bits per heavy atom. The van der Waals surface area contributed by atoms with Crippen molar-refractivity contribution in [3.63, 3.8) is 0 Å². The number of nitrogens with zero attached hydrogens (tertiary/aromatic N) is 1. The van der Waals surface area contributed by atoms with Crippen LogP contribution in [0.15, 0.2) is 42.5 Å². The summed E-state index contributed by atoms with van der Waals surface area (Å²) in [6.45, 7) is 1.13. The monoisotopic (exact) mass is 310 g/mol. The average Bonchev–Trinajstić information content (AvgIpc) is 2.57. The van der Waals surface area contributed by atoms with Crippen LogP contribution in [-0.4, -0.2) is 26.7 Å². The molecule has 4 nitrogen and oxygen atoms in total. The molecule has 0 amide bonds. The van der Waals surface area contributed by atoms with E-state index < -0.39 is 0 Å². The van der Waals surface area contributed by atoms with Crippen LogP contribution in [0.1, 0.15) is 17.5 Å². The Bertz CT molecular complexity index is 695. The van der Waals surface area contributed by atoms with Crippen molar-refractivity contribution in [2.75, 3.05) is 30.9 Å². The molecule has 2 aromatic rings. The third kappa shape index (κ3) is 3.65. The molecule has 23 heavy (non-hydrogen) atoms. The largest absolute Gasteiger partial charge is 0.469 e. The summed E-state index contributed by atoms with van der Waals surface area (Å²) in [6, 6.07) is 14.4. The number of hydrogen-bond acceptors (Lipinski definition) is 4. The minimum absolute atomic E-state index is 0.218. The summed E-state index contributed by atoms with van der Waals surface area (Å²) in [5.74, 6) is -0.218. The lowest BCUT2D eigenvalue weighted by atomic mass is 10.0. The Hall–Kier alpha value is -2.49. The van der Waals surface area contributed by atoms with Gasteiger partial charge in [0.1, 0.15) is 0 Å². The number of esters is 1. The highest BCUT2D eigenvalue weighted by atomic mass is 16.5. The van der Waals surface area contributed by atoms with Crippen molar-refractivity contribution in [2.45, 2.75) is 19.3 Å². The van der Waals surface area contributed by atoms with Gasteiger partial charge in [-0.1, -0.05) is 12.1 Å². The molecule has 1 aliphatic heterocycles. The first-order valence-electron chi connectivity index (χ1n) is 7.92. The Labute approximate surface area is 137 Å². The van der Waals surface area contributed by atoms with Crippen LogP contribution < -0.4 is 10.2 Å². The number of fused-ring (bicyclic) bond motifs is 1. The Balaban J connectivity index is 1.71. The summed E-state index contributed by atoms with van der Waals surface area (Å²) in [5.41, 5.74) is 5.79. The predicted molar refractivity (Wildman–Crippen MR) is 93.5 cm³/mol. The maximum absolute atomic E-state index is 11.3. The molecule has 0 unspecified atom stereocenters. The molecule has 0 atom stereocenters. The quantitative estimate of drug-likeness (QED) is 0.877. The van der Waals surface area contributed by atoms with Crippen molar-refractivity contribution in [1.29, 1.82) is 0 Å². The van der Waals surface area contributed by atoms with Crippen LogP contribution in [0.4, 0.5) is 17.1 Å². The van der Waals surface area contributed by atoms with Crippen LogP contribution in [0.5, 0.6) is 0 Å². The molecule has 2 aromatic carbocycles. The van der Waals surface area contributed by atoms with Gasteiger partial charge in [-0.3, -0.25) is 4.79 Å². The fraction of sp³-hybridized carbons (Fsp3) is 0.316. The summed E-state index contributed by atoms with van der Waals surface area (Å²) < 4.78 is 4.68. The highest BCUT2D eigenvalue weighted by molar-refractivity contribution is 5.73. The van der Waals surface area contributed by atoms with Crippen LogP contribution >= 0.6 is 0 Å². The van der Waals surface area contributed by atoms with Crippen LogP contribution in [-0.2, 0) is 22.4 Å². The van der Waals surface area contributed by atoms with Gasteiger partial charge >= 0.3 is 5.97 Å². The number of benzene rings is 2. The molecule has 0 saturated heterocycles. The third-order valence-electron chi connectivity index (χ3n) is 4.25. The van der Waals surface area contributed by atoms with E-state index in [9.17, 15) is 4.79 Å². The van der Waals surface area contributed by atoms with Gasteiger partial charge in [0, 0.05) is 30.7 Å². The predicted octanol–water partition coefficient (Wildman–Crippen LogP) is 3.53. The van der Waals surface area contributed by atoms with E-state index in [1.807, 2.05) is 24.3 Å². The first kappa shape index (κ1) is 15.4. The number of nitrogens with one attached hydrogen (secondary N) is 1. The van der Waals surface area contributed by atoms with Crippen molar-refractivity contribution in [3.8, 4) is 0 Å². The first-order chi connectivity index (χ1) is 11.2. The molecule has 0 spiro atoms. The Morgan fingerprint density at radius 2 is 1.91 bits per heavy atom. The zero-order valence-electron chi connectivity index (χ0n) is 13.6. The molecule has 0 fully saturated rings. The second-order valence-electron chi connectivity index (χ2n) is 5.94. The molecule has 4 heteroatoms. The molecule has 1 heterocycles. The van der Waals surface area contributed by atoms with Gasteiger partial charge in [0.05, 0.1) is 13.5 Å². The lowest BCUT2D eigenvalue weighted by molar-refractivity contribution is -0.139. The summed E-state index contributed by atoms with van der Waals surface area (Å²) in [5, 5.41) is 3.43. The number of rotatable bonds is 4. The zero-order valence-corrected chi connectivity index (χ0v) is 13.6. The van der Waals surface area contributed by atoms with Crippen molar-refractivity contribution in [3.05, 3.63) is 53.6 Å². The SMILES string of the molecule is COC(=O)Cc1ccc(Nc2ccc3c(c2)CCCN3C)cc1. The Kier molecular flexibility index (Phi) is 4.51. The van der Waals surface area contributed by atoms with Gasteiger partial charge in [0.25, 0.3) is 0 Å². The summed E-state index contributed by atoms with van der Waals surface area (Å²) in [6.07, 6.45) is 2.64. The molecular weight excluding hydrogens is 288 g/mol. The van der Waals surface area contributed by atoms with E-state index in [0.717, 1.165) is 29.9 Å². The second kappa shape index (κ2) is 6.73. The third-order valence-corrected chi connectivity index (χ3v) is 4.25. The van der Waals surface area contributed by atoms with Crippen molar-refractivity contribution in [1.82, 2.24) is 0 Å². The molecule has 0 aliphatic carbocycles. The normalized spacial score (nSPS) is 13.4. The highest BCUT2D eigenvalue weighted by Gasteiger charge is 2.13.